The molecule has 2 aromatic heterocycles. The number of hydrazone groups is 1. The summed E-state index contributed by atoms with van der Waals surface area (Å²) in [5.74, 6) is 0.690. The number of imidazole rings is 1. The molecular weight excluding hydrogens is 380 g/mol. The van der Waals surface area contributed by atoms with Gasteiger partial charge in [0, 0.05) is 32.8 Å². The molecule has 8 heteroatoms. The molecule has 1 N–H and O–H groups in total. The largest absolute Gasteiger partial charge is 0.383 e. The van der Waals surface area contributed by atoms with Crippen LogP contribution in [0.3, 0.4) is 0 Å². The summed E-state index contributed by atoms with van der Waals surface area (Å²) in [6.45, 7) is 8.44. The van der Waals surface area contributed by atoms with E-state index in [1.54, 1.807) is 7.11 Å². The Morgan fingerprint density at radius 2 is 2.10 bits per heavy atom. The molecule has 8 nitrogen and oxygen atoms in total. The number of ether oxygens (including phenoxy) is 2. The van der Waals surface area contributed by atoms with Crippen LogP contribution in [0.1, 0.15) is 18.1 Å². The fourth-order valence-electron chi connectivity index (χ4n) is 3.55. The number of pyridine rings is 1. The number of hydrogen-bond acceptors (Lipinski definition) is 7. The monoisotopic (exact) mass is 408 g/mol. The first-order valence-electron chi connectivity index (χ1n) is 10.2. The van der Waals surface area contributed by atoms with Crippen molar-refractivity contribution in [1.29, 1.82) is 0 Å². The predicted molar refractivity (Wildman–Crippen MR) is 119 cm³/mol. The Morgan fingerprint density at radius 1 is 1.27 bits per heavy atom. The van der Waals surface area contributed by atoms with Crippen molar-refractivity contribution in [3.63, 3.8) is 0 Å². The van der Waals surface area contributed by atoms with Gasteiger partial charge in [0.25, 0.3) is 0 Å². The number of benzene rings is 1. The van der Waals surface area contributed by atoms with Crippen molar-refractivity contribution < 1.29 is 9.47 Å². The fourth-order valence-corrected chi connectivity index (χ4v) is 3.55. The van der Waals surface area contributed by atoms with Crippen LogP contribution in [0, 0.1) is 6.92 Å². The lowest BCUT2D eigenvalue weighted by Crippen LogP contribution is -2.36. The van der Waals surface area contributed by atoms with Crippen molar-refractivity contribution in [3.8, 4) is 0 Å². The molecule has 0 aliphatic carbocycles. The van der Waals surface area contributed by atoms with Gasteiger partial charge in [-0.15, -0.1) is 0 Å². The molecule has 30 heavy (non-hydrogen) atoms. The van der Waals surface area contributed by atoms with Gasteiger partial charge in [-0.2, -0.15) is 5.10 Å². The van der Waals surface area contributed by atoms with Crippen molar-refractivity contribution in [1.82, 2.24) is 14.5 Å². The normalized spacial score (nSPS) is 15.0. The minimum atomic E-state index is 0.600. The highest BCUT2D eigenvalue weighted by Gasteiger charge is 2.19. The molecule has 0 radical (unpaired) electrons. The first kappa shape index (κ1) is 20.3. The average molecular weight is 409 g/mol. The summed E-state index contributed by atoms with van der Waals surface area (Å²) >= 11 is 0. The van der Waals surface area contributed by atoms with Gasteiger partial charge >= 0.3 is 0 Å². The van der Waals surface area contributed by atoms with E-state index in [0.29, 0.717) is 32.2 Å². The van der Waals surface area contributed by atoms with Gasteiger partial charge in [0.05, 0.1) is 37.5 Å². The van der Waals surface area contributed by atoms with Crippen LogP contribution in [0.5, 0.6) is 0 Å². The number of nitrogens with zero attached hydrogens (tertiary/aromatic N) is 5. The maximum atomic E-state index is 5.52. The molecule has 0 saturated carbocycles. The molecule has 1 fully saturated rings. The molecule has 1 aliphatic rings. The zero-order valence-corrected chi connectivity index (χ0v) is 17.8. The van der Waals surface area contributed by atoms with Crippen LogP contribution in [0.25, 0.3) is 11.2 Å². The molecular formula is C22H28N6O2. The van der Waals surface area contributed by atoms with Gasteiger partial charge < -0.3 is 18.9 Å². The highest BCUT2D eigenvalue weighted by molar-refractivity contribution is 5.99. The lowest BCUT2D eigenvalue weighted by molar-refractivity contribution is 0.123. The molecule has 0 amide bonds. The van der Waals surface area contributed by atoms with Gasteiger partial charge in [0.2, 0.25) is 0 Å². The van der Waals surface area contributed by atoms with Gasteiger partial charge in [-0.3, -0.25) is 5.43 Å². The van der Waals surface area contributed by atoms with Crippen molar-refractivity contribution in [2.75, 3.05) is 50.3 Å². The highest BCUT2D eigenvalue weighted by atomic mass is 16.5. The summed E-state index contributed by atoms with van der Waals surface area (Å²) in [4.78, 5) is 11.7. The number of rotatable bonds is 7. The second kappa shape index (κ2) is 9.23. The van der Waals surface area contributed by atoms with E-state index in [1.165, 1.54) is 5.56 Å². The molecule has 4 rings (SSSR count). The number of morpholine rings is 1. The smallest absolute Gasteiger partial charge is 0.164 e. The molecule has 1 aliphatic heterocycles. The van der Waals surface area contributed by atoms with Crippen LogP contribution in [-0.2, 0) is 16.0 Å². The summed E-state index contributed by atoms with van der Waals surface area (Å²) in [7, 11) is 1.70. The van der Waals surface area contributed by atoms with E-state index >= 15 is 0 Å². The van der Waals surface area contributed by atoms with E-state index in [-0.39, 0.29) is 0 Å². The van der Waals surface area contributed by atoms with Crippen molar-refractivity contribution >= 4 is 28.4 Å². The molecule has 1 saturated heterocycles. The van der Waals surface area contributed by atoms with Crippen LogP contribution in [0.15, 0.2) is 41.8 Å². The van der Waals surface area contributed by atoms with Gasteiger partial charge in [0.15, 0.2) is 11.5 Å². The minimum Gasteiger partial charge on any atom is -0.383 e. The van der Waals surface area contributed by atoms with E-state index in [2.05, 4.69) is 45.5 Å². The first-order chi connectivity index (χ1) is 14.7. The molecule has 0 spiro atoms. The quantitative estimate of drug-likeness (QED) is 0.478. The van der Waals surface area contributed by atoms with E-state index in [0.717, 1.165) is 41.2 Å². The lowest BCUT2D eigenvalue weighted by atomic mass is 10.1. The fraction of sp³-hybridized carbons (Fsp3) is 0.409. The lowest BCUT2D eigenvalue weighted by Gasteiger charge is -2.29. The van der Waals surface area contributed by atoms with Gasteiger partial charge in [-0.25, -0.2) is 9.97 Å². The van der Waals surface area contributed by atoms with Crippen molar-refractivity contribution in [3.05, 3.63) is 47.8 Å². The Kier molecular flexibility index (Phi) is 6.25. The number of anilines is 2. The number of nitrogens with one attached hydrogen (secondary N) is 1. The van der Waals surface area contributed by atoms with Crippen LogP contribution in [-0.4, -0.2) is 60.3 Å². The van der Waals surface area contributed by atoms with Crippen LogP contribution in [0.2, 0.25) is 0 Å². The maximum absolute atomic E-state index is 5.52. The molecule has 0 unspecified atom stereocenters. The SMILES string of the molecule is COCCn1cnc2c(N3CCOCC3)cc(N/N=C(\C)c3cccc(C)c3)nc21. The first-order valence-corrected chi connectivity index (χ1v) is 10.2. The Balaban J connectivity index is 1.68. The summed E-state index contributed by atoms with van der Waals surface area (Å²) in [5.41, 5.74) is 9.10. The van der Waals surface area contributed by atoms with Crippen molar-refractivity contribution in [2.45, 2.75) is 20.4 Å². The Hall–Kier alpha value is -2.97. The van der Waals surface area contributed by atoms with E-state index < -0.39 is 0 Å². The molecule has 3 aromatic rings. The number of aryl methyl sites for hydroxylation is 1. The predicted octanol–water partition coefficient (Wildman–Crippen LogP) is 3.06. The number of aromatic nitrogens is 3. The maximum Gasteiger partial charge on any atom is 0.164 e. The van der Waals surface area contributed by atoms with Crippen molar-refractivity contribution in [2.24, 2.45) is 5.10 Å². The number of methoxy groups -OCH3 is 1. The Morgan fingerprint density at radius 3 is 2.87 bits per heavy atom. The Labute approximate surface area is 176 Å². The average Bonchev–Trinajstić information content (AvgIpc) is 3.19. The van der Waals surface area contributed by atoms with E-state index in [1.807, 2.05) is 30.0 Å². The second-order valence-corrected chi connectivity index (χ2v) is 7.41. The molecule has 158 valence electrons. The molecule has 0 atom stereocenters. The third kappa shape index (κ3) is 4.44. The summed E-state index contributed by atoms with van der Waals surface area (Å²) < 4.78 is 12.8. The summed E-state index contributed by atoms with van der Waals surface area (Å²) in [5, 5.41) is 4.58. The van der Waals surface area contributed by atoms with Gasteiger partial charge in [0.1, 0.15) is 5.52 Å². The summed E-state index contributed by atoms with van der Waals surface area (Å²) in [6.07, 6.45) is 1.83. The standard InChI is InChI=1S/C22H28N6O2/c1-16-5-4-6-18(13-16)17(2)25-26-20-14-19(27-8-11-30-12-9-27)21-22(24-20)28(15-23-21)7-10-29-3/h4-6,13-15H,7-12H2,1-3H3,(H,24,26)/b25-17+. The Bertz CT molecular complexity index is 1040. The minimum absolute atomic E-state index is 0.600. The van der Waals surface area contributed by atoms with E-state index in [4.69, 9.17) is 14.5 Å². The molecule has 1 aromatic carbocycles. The van der Waals surface area contributed by atoms with Crippen LogP contribution >= 0.6 is 0 Å². The summed E-state index contributed by atoms with van der Waals surface area (Å²) in [6, 6.07) is 10.3. The highest BCUT2D eigenvalue weighted by Crippen LogP contribution is 2.28. The second-order valence-electron chi connectivity index (χ2n) is 7.41. The van der Waals surface area contributed by atoms with Crippen LogP contribution < -0.4 is 10.3 Å². The van der Waals surface area contributed by atoms with Gasteiger partial charge in [-0.1, -0.05) is 29.8 Å². The zero-order valence-electron chi connectivity index (χ0n) is 17.8. The van der Waals surface area contributed by atoms with E-state index in [9.17, 15) is 0 Å². The zero-order chi connectivity index (χ0) is 20.9. The topological polar surface area (TPSA) is 76.8 Å². The van der Waals surface area contributed by atoms with Gasteiger partial charge in [-0.05, 0) is 19.4 Å². The third-order valence-electron chi connectivity index (χ3n) is 5.21. The number of fused-ring (bicyclic) bond motifs is 1. The third-order valence-corrected chi connectivity index (χ3v) is 5.21. The van der Waals surface area contributed by atoms with Crippen LogP contribution in [0.4, 0.5) is 11.5 Å². The molecule has 3 heterocycles. The molecule has 0 bridgehead atoms. The number of hydrogen-bond donors (Lipinski definition) is 1.